The van der Waals surface area contributed by atoms with Crippen LogP contribution in [0.15, 0.2) is 36.2 Å². The van der Waals surface area contributed by atoms with E-state index >= 15 is 0 Å². The number of likely N-dealkylation sites (tertiary alicyclic amines) is 2. The zero-order valence-electron chi connectivity index (χ0n) is 14.6. The zero-order chi connectivity index (χ0) is 17.2. The van der Waals surface area contributed by atoms with Crippen molar-refractivity contribution in [1.29, 1.82) is 0 Å². The van der Waals surface area contributed by atoms with Crippen molar-refractivity contribution in [1.82, 2.24) is 14.8 Å². The molecule has 1 aromatic rings. The highest BCUT2D eigenvalue weighted by atomic mass is 16.3. The fourth-order valence-corrected chi connectivity index (χ4v) is 3.80. The summed E-state index contributed by atoms with van der Waals surface area (Å²) < 4.78 is 0. The van der Waals surface area contributed by atoms with E-state index in [-0.39, 0.29) is 11.8 Å². The van der Waals surface area contributed by atoms with Crippen LogP contribution in [-0.4, -0.2) is 57.6 Å². The van der Waals surface area contributed by atoms with E-state index in [1.54, 1.807) is 12.3 Å². The minimum Gasteiger partial charge on any atom is -0.389 e. The topological polar surface area (TPSA) is 56.7 Å². The molecule has 2 fully saturated rings. The Balaban J connectivity index is 1.65. The van der Waals surface area contributed by atoms with Crippen molar-refractivity contribution in [3.63, 3.8) is 0 Å². The van der Waals surface area contributed by atoms with Gasteiger partial charge in [-0.3, -0.25) is 14.7 Å². The number of nitrogens with zero attached hydrogens (tertiary/aromatic N) is 3. The highest BCUT2D eigenvalue weighted by Gasteiger charge is 2.45. The number of carbonyl (C=O) groups excluding carboxylic acids is 1. The van der Waals surface area contributed by atoms with Gasteiger partial charge < -0.3 is 10.0 Å². The molecule has 24 heavy (non-hydrogen) atoms. The van der Waals surface area contributed by atoms with Gasteiger partial charge in [-0.2, -0.15) is 0 Å². The van der Waals surface area contributed by atoms with Crippen molar-refractivity contribution < 1.29 is 9.90 Å². The maximum Gasteiger partial charge on any atom is 0.246 e. The third-order valence-corrected chi connectivity index (χ3v) is 5.21. The molecule has 3 rings (SSSR count). The summed E-state index contributed by atoms with van der Waals surface area (Å²) in [4.78, 5) is 20.7. The van der Waals surface area contributed by atoms with Crippen molar-refractivity contribution in [2.75, 3.05) is 26.2 Å². The standard InChI is InChI=1S/C19H27N3O2/c1-15(2)10-18(23)22-9-6-19(24)5-8-21(13-17(19)14-22)12-16-4-3-7-20-11-16/h3-4,7,10-11,17,24H,5-6,8-9,12-14H2,1-2H3/t17-,19-/m0/s1. The van der Waals surface area contributed by atoms with E-state index in [4.69, 9.17) is 0 Å². The number of hydrogen-bond donors (Lipinski definition) is 1. The zero-order valence-corrected chi connectivity index (χ0v) is 14.6. The second-order valence-electron chi connectivity index (χ2n) is 7.40. The molecule has 2 aliphatic heterocycles. The van der Waals surface area contributed by atoms with Crippen LogP contribution in [-0.2, 0) is 11.3 Å². The fourth-order valence-electron chi connectivity index (χ4n) is 3.80. The van der Waals surface area contributed by atoms with Gasteiger partial charge >= 0.3 is 0 Å². The van der Waals surface area contributed by atoms with Crippen LogP contribution < -0.4 is 0 Å². The summed E-state index contributed by atoms with van der Waals surface area (Å²) in [6, 6.07) is 4.04. The van der Waals surface area contributed by atoms with Crippen molar-refractivity contribution in [2.45, 2.75) is 38.8 Å². The molecular formula is C19H27N3O2. The van der Waals surface area contributed by atoms with Gasteiger partial charge in [-0.05, 0) is 38.3 Å². The van der Waals surface area contributed by atoms with Crippen LogP contribution in [0.25, 0.3) is 0 Å². The molecule has 0 saturated carbocycles. The monoisotopic (exact) mass is 329 g/mol. The van der Waals surface area contributed by atoms with E-state index in [0.29, 0.717) is 19.5 Å². The Bertz CT molecular complexity index is 612. The summed E-state index contributed by atoms with van der Waals surface area (Å²) in [6.45, 7) is 7.74. The summed E-state index contributed by atoms with van der Waals surface area (Å²) in [6.07, 6.45) is 6.84. The lowest BCUT2D eigenvalue weighted by atomic mass is 9.75. The number of aliphatic hydroxyl groups is 1. The Labute approximate surface area is 144 Å². The minimum atomic E-state index is -0.618. The maximum atomic E-state index is 12.3. The molecule has 2 saturated heterocycles. The molecule has 1 N–H and O–H groups in total. The highest BCUT2D eigenvalue weighted by molar-refractivity contribution is 5.88. The first-order valence-electron chi connectivity index (χ1n) is 8.74. The summed E-state index contributed by atoms with van der Waals surface area (Å²) >= 11 is 0. The first-order valence-corrected chi connectivity index (χ1v) is 8.74. The number of amides is 1. The van der Waals surface area contributed by atoms with Crippen LogP contribution in [0.1, 0.15) is 32.3 Å². The SMILES string of the molecule is CC(C)=CC(=O)N1CC[C@@]2(O)CCN(Cc3cccnc3)C[C@H]2C1. The lowest BCUT2D eigenvalue weighted by molar-refractivity contribution is -0.142. The lowest BCUT2D eigenvalue weighted by Crippen LogP contribution is -2.60. The Kier molecular flexibility index (Phi) is 5.01. The number of carbonyl (C=O) groups is 1. The molecule has 0 bridgehead atoms. The summed E-state index contributed by atoms with van der Waals surface area (Å²) in [7, 11) is 0. The van der Waals surface area contributed by atoms with E-state index in [2.05, 4.69) is 16.0 Å². The molecular weight excluding hydrogens is 302 g/mol. The molecule has 130 valence electrons. The van der Waals surface area contributed by atoms with Gasteiger partial charge in [-0.1, -0.05) is 11.6 Å². The Morgan fingerprint density at radius 3 is 2.88 bits per heavy atom. The molecule has 0 unspecified atom stereocenters. The fraction of sp³-hybridized carbons (Fsp3) is 0.579. The molecule has 0 aromatic carbocycles. The molecule has 5 nitrogen and oxygen atoms in total. The van der Waals surface area contributed by atoms with E-state index in [9.17, 15) is 9.90 Å². The van der Waals surface area contributed by atoms with E-state index in [1.807, 2.05) is 31.0 Å². The number of hydrogen-bond acceptors (Lipinski definition) is 4. The predicted octanol–water partition coefficient (Wildman–Crippen LogP) is 1.83. The van der Waals surface area contributed by atoms with Crippen molar-refractivity contribution in [3.05, 3.63) is 41.7 Å². The van der Waals surface area contributed by atoms with Gasteiger partial charge in [0.1, 0.15) is 0 Å². The highest BCUT2D eigenvalue weighted by Crippen LogP contribution is 2.36. The van der Waals surface area contributed by atoms with E-state index in [1.165, 1.54) is 5.56 Å². The first kappa shape index (κ1) is 17.1. The Hall–Kier alpha value is -1.72. The molecule has 2 atom stereocenters. The summed E-state index contributed by atoms with van der Waals surface area (Å²) in [5, 5.41) is 11.0. The van der Waals surface area contributed by atoms with Crippen LogP contribution >= 0.6 is 0 Å². The number of aromatic nitrogens is 1. The van der Waals surface area contributed by atoms with Crippen molar-refractivity contribution in [3.8, 4) is 0 Å². The molecule has 0 radical (unpaired) electrons. The van der Waals surface area contributed by atoms with Gasteiger partial charge in [0.05, 0.1) is 5.60 Å². The van der Waals surface area contributed by atoms with Crippen LogP contribution in [0.5, 0.6) is 0 Å². The molecule has 2 aliphatic rings. The minimum absolute atomic E-state index is 0.0708. The predicted molar refractivity (Wildman–Crippen MR) is 93.2 cm³/mol. The molecule has 1 aromatic heterocycles. The van der Waals surface area contributed by atoms with Gasteiger partial charge in [0.25, 0.3) is 0 Å². The molecule has 0 aliphatic carbocycles. The van der Waals surface area contributed by atoms with Gasteiger partial charge in [0.2, 0.25) is 5.91 Å². The van der Waals surface area contributed by atoms with Crippen LogP contribution in [0, 0.1) is 5.92 Å². The lowest BCUT2D eigenvalue weighted by Gasteiger charge is -2.50. The van der Waals surface area contributed by atoms with Gasteiger partial charge in [0, 0.05) is 57.1 Å². The number of piperidine rings is 2. The number of allylic oxidation sites excluding steroid dienone is 1. The van der Waals surface area contributed by atoms with Crippen molar-refractivity contribution >= 4 is 5.91 Å². The average Bonchev–Trinajstić information content (AvgIpc) is 2.55. The number of rotatable bonds is 3. The second kappa shape index (κ2) is 7.03. The van der Waals surface area contributed by atoms with Gasteiger partial charge in [-0.25, -0.2) is 0 Å². The Morgan fingerprint density at radius 1 is 1.38 bits per heavy atom. The van der Waals surface area contributed by atoms with Crippen LogP contribution in [0.3, 0.4) is 0 Å². The largest absolute Gasteiger partial charge is 0.389 e. The first-order chi connectivity index (χ1) is 11.5. The smallest absolute Gasteiger partial charge is 0.246 e. The van der Waals surface area contributed by atoms with Gasteiger partial charge in [0.15, 0.2) is 0 Å². The average molecular weight is 329 g/mol. The molecule has 0 spiro atoms. The van der Waals surface area contributed by atoms with E-state index < -0.39 is 5.60 Å². The summed E-state index contributed by atoms with van der Waals surface area (Å²) in [5.74, 6) is 0.188. The normalized spacial score (nSPS) is 27.5. The van der Waals surface area contributed by atoms with Crippen LogP contribution in [0.4, 0.5) is 0 Å². The third-order valence-electron chi connectivity index (χ3n) is 5.21. The van der Waals surface area contributed by atoms with Gasteiger partial charge in [-0.15, -0.1) is 0 Å². The quantitative estimate of drug-likeness (QED) is 0.860. The molecule has 3 heterocycles. The molecule has 5 heteroatoms. The maximum absolute atomic E-state index is 12.3. The number of pyridine rings is 1. The Morgan fingerprint density at radius 2 is 2.17 bits per heavy atom. The molecule has 1 amide bonds. The summed E-state index contributed by atoms with van der Waals surface area (Å²) in [5.41, 5.74) is 1.59. The number of fused-ring (bicyclic) bond motifs is 1. The third kappa shape index (κ3) is 3.84. The second-order valence-corrected chi connectivity index (χ2v) is 7.40. The van der Waals surface area contributed by atoms with Crippen molar-refractivity contribution in [2.24, 2.45) is 5.92 Å². The van der Waals surface area contributed by atoms with E-state index in [0.717, 1.165) is 31.6 Å². The van der Waals surface area contributed by atoms with Crippen LogP contribution in [0.2, 0.25) is 0 Å².